The number of aryl methyl sites for hydroxylation is 3. The summed E-state index contributed by atoms with van der Waals surface area (Å²) in [6.07, 6.45) is 4.18. The molecule has 0 radical (unpaired) electrons. The van der Waals surface area contributed by atoms with Crippen molar-refractivity contribution >= 4 is 53.0 Å². The average molecular weight is 490 g/mol. The SMILES string of the molecule is CN=C(NCCCc1nc(C)cs1)NCc1ccc(C)cc1SC.I. The number of hydrogen-bond acceptors (Lipinski definition) is 4. The summed E-state index contributed by atoms with van der Waals surface area (Å²) in [5.41, 5.74) is 3.71. The van der Waals surface area contributed by atoms with Crippen LogP contribution in [-0.2, 0) is 13.0 Å². The van der Waals surface area contributed by atoms with Gasteiger partial charge >= 0.3 is 0 Å². The number of halogens is 1. The van der Waals surface area contributed by atoms with Gasteiger partial charge in [0.05, 0.1) is 5.01 Å². The lowest BCUT2D eigenvalue weighted by Gasteiger charge is -2.14. The van der Waals surface area contributed by atoms with Gasteiger partial charge in [-0.1, -0.05) is 12.1 Å². The molecule has 25 heavy (non-hydrogen) atoms. The number of aliphatic imine (C=N–C) groups is 1. The Hall–Kier alpha value is -0.800. The zero-order chi connectivity index (χ0) is 17.4. The number of hydrogen-bond donors (Lipinski definition) is 2. The molecule has 2 rings (SSSR count). The van der Waals surface area contributed by atoms with Gasteiger partial charge in [-0.2, -0.15) is 0 Å². The van der Waals surface area contributed by atoms with Crippen LogP contribution in [0.5, 0.6) is 0 Å². The molecule has 0 spiro atoms. The van der Waals surface area contributed by atoms with Gasteiger partial charge in [-0.05, 0) is 43.7 Å². The van der Waals surface area contributed by atoms with E-state index in [4.69, 9.17) is 0 Å². The highest BCUT2D eigenvalue weighted by molar-refractivity contribution is 14.0. The third kappa shape index (κ3) is 7.53. The monoisotopic (exact) mass is 490 g/mol. The van der Waals surface area contributed by atoms with E-state index in [0.29, 0.717) is 0 Å². The molecule has 0 atom stereocenters. The standard InChI is InChI=1S/C18H26N4S2.HI/c1-13-7-8-15(16(10-13)23-4)11-21-18(19-3)20-9-5-6-17-22-14(2)12-24-17;/h7-8,10,12H,5-6,9,11H2,1-4H3,(H2,19,20,21);1H. The number of guanidine groups is 1. The van der Waals surface area contributed by atoms with Gasteiger partial charge in [0.25, 0.3) is 0 Å². The van der Waals surface area contributed by atoms with Crippen molar-refractivity contribution in [2.24, 2.45) is 4.99 Å². The molecule has 0 aliphatic carbocycles. The van der Waals surface area contributed by atoms with Crippen molar-refractivity contribution in [1.29, 1.82) is 0 Å². The van der Waals surface area contributed by atoms with Crippen LogP contribution in [0.3, 0.4) is 0 Å². The summed E-state index contributed by atoms with van der Waals surface area (Å²) in [6.45, 7) is 5.84. The Balaban J connectivity index is 0.00000312. The average Bonchev–Trinajstić information content (AvgIpc) is 3.00. The molecule has 0 aliphatic heterocycles. The van der Waals surface area contributed by atoms with Gasteiger partial charge in [0.15, 0.2) is 5.96 Å². The summed E-state index contributed by atoms with van der Waals surface area (Å²) in [4.78, 5) is 10.1. The topological polar surface area (TPSA) is 49.3 Å². The maximum Gasteiger partial charge on any atom is 0.191 e. The van der Waals surface area contributed by atoms with Crippen LogP contribution >= 0.6 is 47.1 Å². The maximum absolute atomic E-state index is 4.49. The van der Waals surface area contributed by atoms with Crippen LogP contribution < -0.4 is 10.6 Å². The minimum atomic E-state index is 0. The van der Waals surface area contributed by atoms with E-state index < -0.39 is 0 Å². The second-order valence-corrected chi connectivity index (χ2v) is 7.44. The minimum Gasteiger partial charge on any atom is -0.356 e. The van der Waals surface area contributed by atoms with Crippen molar-refractivity contribution in [3.63, 3.8) is 0 Å². The molecule has 0 unspecified atom stereocenters. The Bertz CT molecular complexity index is 685. The quantitative estimate of drug-likeness (QED) is 0.199. The summed E-state index contributed by atoms with van der Waals surface area (Å²) < 4.78 is 0. The molecule has 4 nitrogen and oxygen atoms in total. The van der Waals surface area contributed by atoms with Crippen molar-refractivity contribution in [3.05, 3.63) is 45.4 Å². The van der Waals surface area contributed by atoms with E-state index in [-0.39, 0.29) is 24.0 Å². The number of benzene rings is 1. The number of thiazole rings is 1. The molecular formula is C18H27IN4S2. The Morgan fingerprint density at radius 1 is 1.28 bits per heavy atom. The van der Waals surface area contributed by atoms with Crippen molar-refractivity contribution in [2.45, 2.75) is 38.1 Å². The fourth-order valence-electron chi connectivity index (χ4n) is 2.36. The minimum absolute atomic E-state index is 0. The van der Waals surface area contributed by atoms with E-state index in [2.05, 4.69) is 57.4 Å². The third-order valence-corrected chi connectivity index (χ3v) is 5.49. The van der Waals surface area contributed by atoms with E-state index in [1.54, 1.807) is 23.1 Å². The normalized spacial score (nSPS) is 11.1. The molecule has 2 aromatic rings. The van der Waals surface area contributed by atoms with Crippen LogP contribution in [0.15, 0.2) is 33.5 Å². The number of thioether (sulfide) groups is 1. The molecule has 1 aromatic heterocycles. The van der Waals surface area contributed by atoms with Crippen molar-refractivity contribution < 1.29 is 0 Å². The highest BCUT2D eigenvalue weighted by Gasteiger charge is 2.04. The van der Waals surface area contributed by atoms with E-state index in [1.165, 1.54) is 21.0 Å². The fraction of sp³-hybridized carbons (Fsp3) is 0.444. The Kier molecular flexibility index (Phi) is 10.4. The van der Waals surface area contributed by atoms with Crippen LogP contribution in [0.2, 0.25) is 0 Å². The largest absolute Gasteiger partial charge is 0.356 e. The molecule has 2 N–H and O–H groups in total. The molecule has 0 amide bonds. The third-order valence-electron chi connectivity index (χ3n) is 3.64. The first-order valence-corrected chi connectivity index (χ1v) is 10.2. The van der Waals surface area contributed by atoms with Gasteiger partial charge in [-0.15, -0.1) is 47.1 Å². The fourth-order valence-corrected chi connectivity index (χ4v) is 3.89. The summed E-state index contributed by atoms with van der Waals surface area (Å²) in [6, 6.07) is 6.57. The van der Waals surface area contributed by atoms with Gasteiger partial charge < -0.3 is 10.6 Å². The molecule has 0 aliphatic rings. The lowest BCUT2D eigenvalue weighted by atomic mass is 10.1. The van der Waals surface area contributed by atoms with Crippen LogP contribution in [0, 0.1) is 13.8 Å². The smallest absolute Gasteiger partial charge is 0.191 e. The molecule has 0 saturated carbocycles. The molecule has 7 heteroatoms. The van der Waals surface area contributed by atoms with Crippen molar-refractivity contribution in [1.82, 2.24) is 15.6 Å². The van der Waals surface area contributed by atoms with E-state index in [0.717, 1.165) is 37.6 Å². The number of nitrogens with zero attached hydrogens (tertiary/aromatic N) is 2. The molecule has 1 heterocycles. The zero-order valence-corrected chi connectivity index (χ0v) is 19.2. The Labute approximate surface area is 176 Å². The lowest BCUT2D eigenvalue weighted by Crippen LogP contribution is -2.37. The first kappa shape index (κ1) is 22.2. The molecular weight excluding hydrogens is 463 g/mol. The van der Waals surface area contributed by atoms with E-state index in [9.17, 15) is 0 Å². The van der Waals surface area contributed by atoms with Crippen molar-refractivity contribution in [3.8, 4) is 0 Å². The van der Waals surface area contributed by atoms with Gasteiger partial charge in [0.2, 0.25) is 0 Å². The van der Waals surface area contributed by atoms with Crippen LogP contribution in [0.25, 0.3) is 0 Å². The van der Waals surface area contributed by atoms with Gasteiger partial charge in [0, 0.05) is 42.5 Å². The molecule has 1 aromatic carbocycles. The Morgan fingerprint density at radius 2 is 2.08 bits per heavy atom. The second kappa shape index (κ2) is 11.7. The highest BCUT2D eigenvalue weighted by Crippen LogP contribution is 2.21. The maximum atomic E-state index is 4.49. The summed E-state index contributed by atoms with van der Waals surface area (Å²) >= 11 is 3.52. The van der Waals surface area contributed by atoms with E-state index in [1.807, 2.05) is 14.0 Å². The predicted molar refractivity (Wildman–Crippen MR) is 122 cm³/mol. The number of nitrogens with one attached hydrogen (secondary N) is 2. The second-order valence-electron chi connectivity index (χ2n) is 5.65. The van der Waals surface area contributed by atoms with Crippen LogP contribution in [-0.4, -0.2) is 30.8 Å². The summed E-state index contributed by atoms with van der Waals surface area (Å²) in [7, 11) is 1.81. The van der Waals surface area contributed by atoms with Crippen LogP contribution in [0.1, 0.15) is 28.2 Å². The van der Waals surface area contributed by atoms with Crippen LogP contribution in [0.4, 0.5) is 0 Å². The number of aromatic nitrogens is 1. The summed E-state index contributed by atoms with van der Waals surface area (Å²) in [5.74, 6) is 0.845. The first-order valence-electron chi connectivity index (χ1n) is 8.11. The molecule has 0 saturated heterocycles. The lowest BCUT2D eigenvalue weighted by molar-refractivity contribution is 0.737. The predicted octanol–water partition coefficient (Wildman–Crippen LogP) is 4.40. The highest BCUT2D eigenvalue weighted by atomic mass is 127. The first-order chi connectivity index (χ1) is 11.6. The van der Waals surface area contributed by atoms with Crippen molar-refractivity contribution in [2.75, 3.05) is 19.8 Å². The molecule has 0 bridgehead atoms. The van der Waals surface area contributed by atoms with Gasteiger partial charge in [0.1, 0.15) is 0 Å². The summed E-state index contributed by atoms with van der Waals surface area (Å²) in [5, 5.41) is 10.1. The van der Waals surface area contributed by atoms with E-state index >= 15 is 0 Å². The number of rotatable bonds is 7. The molecule has 138 valence electrons. The zero-order valence-electron chi connectivity index (χ0n) is 15.3. The Morgan fingerprint density at radius 3 is 2.72 bits per heavy atom. The van der Waals surface area contributed by atoms with Gasteiger partial charge in [-0.3, -0.25) is 4.99 Å². The molecule has 0 fully saturated rings. The van der Waals surface area contributed by atoms with Gasteiger partial charge in [-0.25, -0.2) is 4.98 Å².